The van der Waals surface area contributed by atoms with Crippen molar-refractivity contribution in [2.75, 3.05) is 13.2 Å². The molecule has 0 aliphatic carbocycles. The molecule has 6 nitrogen and oxygen atoms in total. The van der Waals surface area contributed by atoms with Crippen LogP contribution in [-0.4, -0.2) is 32.3 Å². The van der Waals surface area contributed by atoms with Gasteiger partial charge in [-0.2, -0.15) is 0 Å². The Morgan fingerprint density at radius 1 is 0.643 bits per heavy atom. The maximum absolute atomic E-state index is 14.3. The van der Waals surface area contributed by atoms with E-state index in [1.54, 1.807) is 12.1 Å². The van der Waals surface area contributed by atoms with Crippen molar-refractivity contribution in [3.63, 3.8) is 0 Å². The first-order chi connectivity index (χ1) is 20.5. The Hall–Kier alpha value is -3.82. The van der Waals surface area contributed by atoms with Crippen molar-refractivity contribution in [1.29, 1.82) is 0 Å². The number of aromatic nitrogens is 4. The van der Waals surface area contributed by atoms with Crippen molar-refractivity contribution < 1.29 is 18.3 Å². The number of fused-ring (bicyclic) bond motifs is 6. The second kappa shape index (κ2) is 11.1. The molecule has 6 aromatic rings. The van der Waals surface area contributed by atoms with Crippen molar-refractivity contribution in [2.24, 2.45) is 0 Å². The summed E-state index contributed by atoms with van der Waals surface area (Å²) in [6, 6.07) is 19.2. The largest absolute Gasteiger partial charge is 0.373 e. The summed E-state index contributed by atoms with van der Waals surface area (Å²) < 4.78 is 44.0. The molecule has 212 valence electrons. The fourth-order valence-electron chi connectivity index (χ4n) is 5.98. The lowest BCUT2D eigenvalue weighted by atomic mass is 10.0. The van der Waals surface area contributed by atoms with E-state index >= 15 is 0 Å². The highest BCUT2D eigenvalue weighted by Crippen LogP contribution is 2.39. The highest BCUT2D eigenvalue weighted by atomic mass is 35.5. The monoisotopic (exact) mass is 604 g/mol. The summed E-state index contributed by atoms with van der Waals surface area (Å²) in [6.07, 6.45) is 2.33. The number of para-hydroxylation sites is 2. The van der Waals surface area contributed by atoms with Crippen LogP contribution in [0.2, 0.25) is 10.3 Å². The number of hydrogen-bond acceptors (Lipinski definition) is 4. The fourth-order valence-corrected chi connectivity index (χ4v) is 6.30. The van der Waals surface area contributed by atoms with Crippen molar-refractivity contribution in [2.45, 2.75) is 26.3 Å². The zero-order valence-corrected chi connectivity index (χ0v) is 23.8. The van der Waals surface area contributed by atoms with Crippen LogP contribution in [0.5, 0.6) is 0 Å². The summed E-state index contributed by atoms with van der Waals surface area (Å²) in [6.45, 7) is 3.84. The second-order valence-corrected chi connectivity index (χ2v) is 10.8. The van der Waals surface area contributed by atoms with Crippen molar-refractivity contribution in [3.8, 4) is 22.3 Å². The van der Waals surface area contributed by atoms with Gasteiger partial charge >= 0.3 is 0 Å². The molecule has 8 rings (SSSR count). The highest BCUT2D eigenvalue weighted by molar-refractivity contribution is 6.30. The number of pyridine rings is 2. The zero-order chi connectivity index (χ0) is 28.8. The molecule has 2 aliphatic heterocycles. The Morgan fingerprint density at radius 3 is 1.52 bits per heavy atom. The van der Waals surface area contributed by atoms with Crippen LogP contribution < -0.4 is 0 Å². The maximum atomic E-state index is 14.3. The molecule has 0 spiro atoms. The molecular formula is C32H24Cl2F2N4O2. The summed E-state index contributed by atoms with van der Waals surface area (Å²) in [5.74, 6) is -0.742. The van der Waals surface area contributed by atoms with Crippen molar-refractivity contribution in [3.05, 3.63) is 106 Å². The average Bonchev–Trinajstić information content (AvgIpc) is 3.53. The van der Waals surface area contributed by atoms with Gasteiger partial charge in [-0.05, 0) is 24.3 Å². The predicted octanol–water partition coefficient (Wildman–Crippen LogP) is 8.05. The van der Waals surface area contributed by atoms with E-state index in [9.17, 15) is 8.78 Å². The van der Waals surface area contributed by atoms with Crippen LogP contribution in [0, 0.1) is 11.6 Å². The Balaban J connectivity index is 0.000000137. The Kier molecular flexibility index (Phi) is 7.15. The molecule has 10 heteroatoms. The minimum absolute atomic E-state index is 0.284. The van der Waals surface area contributed by atoms with Gasteiger partial charge in [0, 0.05) is 57.1 Å². The first-order valence-corrected chi connectivity index (χ1v) is 14.3. The van der Waals surface area contributed by atoms with Crippen LogP contribution in [0.3, 0.4) is 0 Å². The summed E-state index contributed by atoms with van der Waals surface area (Å²) >= 11 is 11.9. The lowest BCUT2D eigenvalue weighted by Crippen LogP contribution is -2.16. The second-order valence-electron chi connectivity index (χ2n) is 10.1. The van der Waals surface area contributed by atoms with Gasteiger partial charge in [-0.25, -0.2) is 18.7 Å². The molecule has 2 aliphatic rings. The summed E-state index contributed by atoms with van der Waals surface area (Å²) in [5, 5.41) is 2.60. The van der Waals surface area contributed by atoms with E-state index in [-0.39, 0.29) is 21.9 Å². The molecule has 4 aromatic heterocycles. The quantitative estimate of drug-likeness (QED) is 0.188. The van der Waals surface area contributed by atoms with E-state index in [4.69, 9.17) is 32.7 Å². The van der Waals surface area contributed by atoms with Crippen LogP contribution in [-0.2, 0) is 35.8 Å². The Labute approximate surface area is 250 Å². The first kappa shape index (κ1) is 27.0. The van der Waals surface area contributed by atoms with Crippen LogP contribution in [0.4, 0.5) is 8.78 Å². The first-order valence-electron chi connectivity index (χ1n) is 13.5. The van der Waals surface area contributed by atoms with Gasteiger partial charge in [-0.1, -0.05) is 59.6 Å². The van der Waals surface area contributed by atoms with Gasteiger partial charge in [0.1, 0.15) is 21.9 Å². The van der Waals surface area contributed by atoms with Crippen molar-refractivity contribution in [1.82, 2.24) is 19.1 Å². The zero-order valence-electron chi connectivity index (χ0n) is 22.3. The number of halogens is 4. The number of hydrogen-bond donors (Lipinski definition) is 0. The van der Waals surface area contributed by atoms with Gasteiger partial charge in [0.25, 0.3) is 0 Å². The third-order valence-corrected chi connectivity index (χ3v) is 8.15. The van der Waals surface area contributed by atoms with Gasteiger partial charge in [0.2, 0.25) is 0 Å². The molecule has 0 N–H and O–H groups in total. The van der Waals surface area contributed by atoms with Gasteiger partial charge < -0.3 is 18.6 Å². The molecule has 0 amide bonds. The predicted molar refractivity (Wildman–Crippen MR) is 160 cm³/mol. The molecule has 0 fully saturated rings. The lowest BCUT2D eigenvalue weighted by Gasteiger charge is -2.18. The minimum atomic E-state index is -0.371. The number of ether oxygens (including phenoxy) is 2. The van der Waals surface area contributed by atoms with Gasteiger partial charge in [0.05, 0.1) is 50.2 Å². The average molecular weight is 605 g/mol. The van der Waals surface area contributed by atoms with Crippen LogP contribution in [0.25, 0.3) is 44.1 Å². The normalized spacial score (nSPS) is 14.4. The minimum Gasteiger partial charge on any atom is -0.373 e. The SMILES string of the molecule is Fc1cnc(Cl)cc1-c1c2n(c3ccccc13)CCOC2.Fc1cnc(Cl)cc1-c1c2n(c3ccccc13)CCOC2. The fraction of sp³-hybridized carbons (Fsp3) is 0.188. The molecule has 0 bridgehead atoms. The summed E-state index contributed by atoms with van der Waals surface area (Å²) in [7, 11) is 0. The van der Waals surface area contributed by atoms with E-state index < -0.39 is 0 Å². The standard InChI is InChI=1S/2C16H12ClFN2O/c2*17-15-7-11(12(18)8-19-15)16-10-3-1-2-4-13(10)20-5-6-21-9-14(16)20/h2*1-4,7-8H,5-6,9H2. The van der Waals surface area contributed by atoms with Crippen LogP contribution in [0.1, 0.15) is 11.4 Å². The molecule has 0 radical (unpaired) electrons. The summed E-state index contributed by atoms with van der Waals surface area (Å²) in [5.41, 5.74) is 6.83. The van der Waals surface area contributed by atoms with Gasteiger partial charge in [-0.3, -0.25) is 0 Å². The number of nitrogens with zero attached hydrogens (tertiary/aromatic N) is 4. The Morgan fingerprint density at radius 2 is 1.07 bits per heavy atom. The number of rotatable bonds is 2. The van der Waals surface area contributed by atoms with E-state index in [0.717, 1.165) is 57.4 Å². The van der Waals surface area contributed by atoms with E-state index in [2.05, 4.69) is 19.1 Å². The molecule has 6 heterocycles. The van der Waals surface area contributed by atoms with Crippen molar-refractivity contribution >= 4 is 45.0 Å². The van der Waals surface area contributed by atoms with Crippen LogP contribution in [0.15, 0.2) is 73.1 Å². The molecule has 0 saturated carbocycles. The molecule has 0 unspecified atom stereocenters. The molecular weight excluding hydrogens is 581 g/mol. The number of benzene rings is 2. The lowest BCUT2D eigenvalue weighted by molar-refractivity contribution is 0.0868. The Bertz CT molecular complexity index is 1830. The van der Waals surface area contributed by atoms with Gasteiger partial charge in [0.15, 0.2) is 0 Å². The third kappa shape index (κ3) is 4.65. The third-order valence-electron chi connectivity index (χ3n) is 7.74. The topological polar surface area (TPSA) is 54.1 Å². The van der Waals surface area contributed by atoms with Gasteiger partial charge in [-0.15, -0.1) is 0 Å². The molecule has 2 aromatic carbocycles. The van der Waals surface area contributed by atoms with Crippen LogP contribution >= 0.6 is 23.2 Å². The highest BCUT2D eigenvalue weighted by Gasteiger charge is 2.24. The van der Waals surface area contributed by atoms with E-state index in [1.807, 2.05) is 48.5 Å². The van der Waals surface area contributed by atoms with E-state index in [1.165, 1.54) is 12.4 Å². The molecule has 0 atom stereocenters. The smallest absolute Gasteiger partial charge is 0.149 e. The maximum Gasteiger partial charge on any atom is 0.149 e. The molecule has 42 heavy (non-hydrogen) atoms. The summed E-state index contributed by atoms with van der Waals surface area (Å²) in [4.78, 5) is 7.59. The molecule has 0 saturated heterocycles. The van der Waals surface area contributed by atoms with E-state index in [0.29, 0.717) is 37.6 Å².